The van der Waals surface area contributed by atoms with Crippen LogP contribution in [0.2, 0.25) is 0 Å². The first-order chi connectivity index (χ1) is 16.3. The Hall–Kier alpha value is -3.32. The van der Waals surface area contributed by atoms with Gasteiger partial charge in [-0.05, 0) is 85.2 Å². The van der Waals surface area contributed by atoms with Crippen LogP contribution in [0.5, 0.6) is 0 Å². The lowest BCUT2D eigenvalue weighted by atomic mass is 9.94. The molecule has 0 unspecified atom stereocenters. The molecule has 0 saturated heterocycles. The van der Waals surface area contributed by atoms with Crippen LogP contribution in [-0.4, -0.2) is 36.6 Å². The van der Waals surface area contributed by atoms with Gasteiger partial charge in [0, 0.05) is 18.7 Å². The standard InChI is InChI=1S/C27H32N6O/c1-6-27(4,5)33-25(29-30-31-33)24(32-12-11-19-9-7-8-10-20(19)16-32)22-15-21-14-17(2)13-18(3)23(21)28-26(22)34/h7-10,13-15,24H,6,11-12,16H2,1-5H3,(H,28,34)/t24-/m0/s1. The molecule has 2 aromatic carbocycles. The molecule has 176 valence electrons. The summed E-state index contributed by atoms with van der Waals surface area (Å²) in [5, 5.41) is 14.0. The van der Waals surface area contributed by atoms with E-state index in [4.69, 9.17) is 0 Å². The van der Waals surface area contributed by atoms with E-state index in [9.17, 15) is 4.79 Å². The molecule has 0 saturated carbocycles. The second kappa shape index (κ2) is 8.47. The minimum absolute atomic E-state index is 0.0906. The highest BCUT2D eigenvalue weighted by molar-refractivity contribution is 5.83. The second-order valence-corrected chi connectivity index (χ2v) is 10.1. The maximum atomic E-state index is 13.6. The summed E-state index contributed by atoms with van der Waals surface area (Å²) in [6.07, 6.45) is 1.79. The normalized spacial score (nSPS) is 15.4. The topological polar surface area (TPSA) is 79.7 Å². The first-order valence-corrected chi connectivity index (χ1v) is 12.0. The number of nitrogens with one attached hydrogen (secondary N) is 1. The number of H-pyrrole nitrogens is 1. The predicted octanol–water partition coefficient (Wildman–Crippen LogP) is 4.42. The van der Waals surface area contributed by atoms with Crippen molar-refractivity contribution in [3.63, 3.8) is 0 Å². The zero-order valence-corrected chi connectivity index (χ0v) is 20.6. The molecular formula is C27H32N6O. The Kier molecular flexibility index (Phi) is 5.60. The van der Waals surface area contributed by atoms with E-state index in [-0.39, 0.29) is 17.1 Å². The Morgan fingerprint density at radius 3 is 2.65 bits per heavy atom. The Morgan fingerprint density at radius 2 is 1.88 bits per heavy atom. The summed E-state index contributed by atoms with van der Waals surface area (Å²) in [4.78, 5) is 19.1. The zero-order chi connectivity index (χ0) is 24.0. The second-order valence-electron chi connectivity index (χ2n) is 10.1. The Bertz CT molecular complexity index is 1420. The number of aromatic amines is 1. The van der Waals surface area contributed by atoms with Crippen molar-refractivity contribution in [1.82, 2.24) is 30.1 Å². The molecule has 2 aromatic heterocycles. The molecule has 1 atom stereocenters. The minimum Gasteiger partial charge on any atom is -0.321 e. The molecule has 34 heavy (non-hydrogen) atoms. The van der Waals surface area contributed by atoms with Crippen molar-refractivity contribution < 1.29 is 0 Å². The van der Waals surface area contributed by atoms with Gasteiger partial charge in [-0.2, -0.15) is 0 Å². The molecule has 5 rings (SSSR count). The number of rotatable bonds is 5. The van der Waals surface area contributed by atoms with Crippen molar-refractivity contribution in [2.75, 3.05) is 6.54 Å². The highest BCUT2D eigenvalue weighted by atomic mass is 16.1. The lowest BCUT2D eigenvalue weighted by molar-refractivity contribution is 0.181. The molecule has 1 N–H and O–H groups in total. The Labute approximate surface area is 199 Å². The molecule has 0 spiro atoms. The van der Waals surface area contributed by atoms with Crippen LogP contribution in [0.25, 0.3) is 10.9 Å². The maximum Gasteiger partial charge on any atom is 0.253 e. The van der Waals surface area contributed by atoms with Crippen LogP contribution in [0.15, 0.2) is 47.3 Å². The van der Waals surface area contributed by atoms with Crippen LogP contribution in [0.4, 0.5) is 0 Å². The number of tetrazole rings is 1. The zero-order valence-electron chi connectivity index (χ0n) is 20.6. The van der Waals surface area contributed by atoms with Gasteiger partial charge in [0.05, 0.1) is 11.1 Å². The van der Waals surface area contributed by atoms with Gasteiger partial charge in [-0.3, -0.25) is 9.69 Å². The van der Waals surface area contributed by atoms with E-state index in [1.807, 2.05) is 17.7 Å². The van der Waals surface area contributed by atoms with Crippen LogP contribution in [0, 0.1) is 13.8 Å². The van der Waals surface area contributed by atoms with E-state index in [1.54, 1.807) is 0 Å². The Balaban J connectivity index is 1.71. The van der Waals surface area contributed by atoms with Gasteiger partial charge < -0.3 is 4.98 Å². The van der Waals surface area contributed by atoms with Crippen LogP contribution >= 0.6 is 0 Å². The van der Waals surface area contributed by atoms with Gasteiger partial charge in [0.15, 0.2) is 5.82 Å². The fraction of sp³-hybridized carbons (Fsp3) is 0.407. The molecule has 0 bridgehead atoms. The summed E-state index contributed by atoms with van der Waals surface area (Å²) in [7, 11) is 0. The van der Waals surface area contributed by atoms with E-state index < -0.39 is 0 Å². The molecule has 7 nitrogen and oxygen atoms in total. The summed E-state index contributed by atoms with van der Waals surface area (Å²) in [6.45, 7) is 12.1. The number of pyridine rings is 1. The lowest BCUT2D eigenvalue weighted by Gasteiger charge is -2.36. The summed E-state index contributed by atoms with van der Waals surface area (Å²) < 4.78 is 1.91. The number of fused-ring (bicyclic) bond motifs is 2. The molecule has 7 heteroatoms. The van der Waals surface area contributed by atoms with Gasteiger partial charge in [-0.1, -0.05) is 42.8 Å². The lowest BCUT2D eigenvalue weighted by Crippen LogP contribution is -2.40. The highest BCUT2D eigenvalue weighted by Crippen LogP contribution is 2.34. The molecule has 0 aliphatic carbocycles. The monoisotopic (exact) mass is 456 g/mol. The largest absolute Gasteiger partial charge is 0.321 e. The van der Waals surface area contributed by atoms with Crippen molar-refractivity contribution >= 4 is 10.9 Å². The molecule has 1 aliphatic rings. The van der Waals surface area contributed by atoms with Gasteiger partial charge >= 0.3 is 0 Å². The Morgan fingerprint density at radius 1 is 1.12 bits per heavy atom. The third-order valence-electron chi connectivity index (χ3n) is 7.32. The van der Waals surface area contributed by atoms with Crippen LogP contribution in [-0.2, 0) is 18.5 Å². The molecule has 0 amide bonds. The average Bonchev–Trinajstić information content (AvgIpc) is 3.30. The fourth-order valence-electron chi connectivity index (χ4n) is 5.09. The third-order valence-corrected chi connectivity index (χ3v) is 7.32. The average molecular weight is 457 g/mol. The summed E-state index contributed by atoms with van der Waals surface area (Å²) in [5.74, 6) is 0.709. The van der Waals surface area contributed by atoms with Gasteiger partial charge in [0.2, 0.25) is 0 Å². The van der Waals surface area contributed by atoms with Crippen molar-refractivity contribution in [2.24, 2.45) is 0 Å². The molecular weight excluding hydrogens is 424 g/mol. The summed E-state index contributed by atoms with van der Waals surface area (Å²) >= 11 is 0. The number of hydrogen-bond acceptors (Lipinski definition) is 5. The molecule has 4 aromatic rings. The number of aryl methyl sites for hydroxylation is 2. The first kappa shape index (κ1) is 22.5. The molecule has 3 heterocycles. The SMILES string of the molecule is CCC(C)(C)n1nnnc1[C@H](c1cc2cc(C)cc(C)c2[nH]c1=O)N1CCc2ccccc2C1. The first-order valence-electron chi connectivity index (χ1n) is 12.0. The smallest absolute Gasteiger partial charge is 0.253 e. The number of hydrogen-bond donors (Lipinski definition) is 1. The van der Waals surface area contributed by atoms with Gasteiger partial charge in [-0.15, -0.1) is 5.10 Å². The summed E-state index contributed by atoms with van der Waals surface area (Å²) in [5.41, 5.74) is 6.09. The van der Waals surface area contributed by atoms with Crippen LogP contribution < -0.4 is 5.56 Å². The summed E-state index contributed by atoms with van der Waals surface area (Å²) in [6, 6.07) is 14.4. The van der Waals surface area contributed by atoms with Gasteiger partial charge in [0.25, 0.3) is 5.56 Å². The van der Waals surface area contributed by atoms with Crippen molar-refractivity contribution in [3.05, 3.63) is 86.5 Å². The predicted molar refractivity (Wildman–Crippen MR) is 134 cm³/mol. The third kappa shape index (κ3) is 3.84. The van der Waals surface area contributed by atoms with Crippen molar-refractivity contribution in [2.45, 2.75) is 65.6 Å². The van der Waals surface area contributed by atoms with Crippen LogP contribution in [0.3, 0.4) is 0 Å². The van der Waals surface area contributed by atoms with Crippen LogP contribution in [0.1, 0.15) is 66.9 Å². The van der Waals surface area contributed by atoms with Gasteiger partial charge in [0.1, 0.15) is 6.04 Å². The van der Waals surface area contributed by atoms with Gasteiger partial charge in [-0.25, -0.2) is 4.68 Å². The number of benzene rings is 2. The fourth-order valence-corrected chi connectivity index (χ4v) is 5.09. The molecule has 0 fully saturated rings. The van der Waals surface area contributed by atoms with E-state index in [2.05, 4.69) is 89.5 Å². The van der Waals surface area contributed by atoms with E-state index in [0.29, 0.717) is 11.4 Å². The van der Waals surface area contributed by atoms with Crippen molar-refractivity contribution in [1.29, 1.82) is 0 Å². The minimum atomic E-state index is -0.358. The highest BCUT2D eigenvalue weighted by Gasteiger charge is 2.35. The van der Waals surface area contributed by atoms with E-state index >= 15 is 0 Å². The van der Waals surface area contributed by atoms with E-state index in [1.165, 1.54) is 16.7 Å². The number of aromatic nitrogens is 5. The molecule has 0 radical (unpaired) electrons. The quantitative estimate of drug-likeness (QED) is 0.481. The van der Waals surface area contributed by atoms with Crippen molar-refractivity contribution in [3.8, 4) is 0 Å². The molecule has 1 aliphatic heterocycles. The van der Waals surface area contributed by atoms with E-state index in [0.717, 1.165) is 42.4 Å². The maximum absolute atomic E-state index is 13.6. The number of nitrogens with zero attached hydrogens (tertiary/aromatic N) is 5.